The third-order valence-corrected chi connectivity index (χ3v) is 6.13. The van der Waals surface area contributed by atoms with E-state index in [9.17, 15) is 13.2 Å². The highest BCUT2D eigenvalue weighted by Crippen LogP contribution is 2.33. The first-order valence-corrected chi connectivity index (χ1v) is 9.48. The molecule has 0 saturated heterocycles. The fourth-order valence-corrected chi connectivity index (χ4v) is 5.10. The van der Waals surface area contributed by atoms with Gasteiger partial charge in [-0.1, -0.05) is 48.0 Å². The second kappa shape index (κ2) is 6.43. The summed E-state index contributed by atoms with van der Waals surface area (Å²) in [5.41, 5.74) is 0.422. The number of sulfonamides is 1. The van der Waals surface area contributed by atoms with Gasteiger partial charge < -0.3 is 4.74 Å². The molecule has 0 spiro atoms. The van der Waals surface area contributed by atoms with E-state index in [1.165, 1.54) is 13.2 Å². The van der Waals surface area contributed by atoms with Crippen molar-refractivity contribution in [3.05, 3.63) is 57.7 Å². The first-order valence-electron chi connectivity index (χ1n) is 6.80. The zero-order valence-corrected chi connectivity index (χ0v) is 14.8. The van der Waals surface area contributed by atoms with E-state index in [4.69, 9.17) is 11.6 Å². The van der Waals surface area contributed by atoms with Crippen molar-refractivity contribution < 1.29 is 17.9 Å². The monoisotopic (exact) mass is 381 g/mol. The molecule has 8 heteroatoms. The van der Waals surface area contributed by atoms with Crippen LogP contribution in [0.5, 0.6) is 0 Å². The third-order valence-electron chi connectivity index (χ3n) is 3.36. The summed E-state index contributed by atoms with van der Waals surface area (Å²) in [6.07, 6.45) is 0. The summed E-state index contributed by atoms with van der Waals surface area (Å²) in [5, 5.41) is 1.65. The predicted octanol–water partition coefficient (Wildman–Crippen LogP) is 4.14. The molecule has 3 rings (SSSR count). The molecular weight excluding hydrogens is 370 g/mol. The molecule has 0 atom stereocenters. The number of rotatable bonds is 4. The maximum Gasteiger partial charge on any atom is 0.349 e. The van der Waals surface area contributed by atoms with Gasteiger partial charge in [-0.2, -0.15) is 0 Å². The van der Waals surface area contributed by atoms with Gasteiger partial charge in [0.05, 0.1) is 17.1 Å². The van der Waals surface area contributed by atoms with Gasteiger partial charge in [-0.05, 0) is 17.5 Å². The van der Waals surface area contributed by atoms with Crippen molar-refractivity contribution in [2.75, 3.05) is 11.8 Å². The SMILES string of the molecule is COC(=O)c1sc(Cl)cc1S(=O)(=O)Nc1cccc2ccccc12. The van der Waals surface area contributed by atoms with Crippen molar-refractivity contribution >= 4 is 55.4 Å². The quantitative estimate of drug-likeness (QED) is 0.689. The van der Waals surface area contributed by atoms with Gasteiger partial charge in [0.25, 0.3) is 10.0 Å². The number of carbonyl (C=O) groups is 1. The number of hydrogen-bond acceptors (Lipinski definition) is 5. The number of nitrogens with one attached hydrogen (secondary N) is 1. The van der Waals surface area contributed by atoms with Crippen LogP contribution < -0.4 is 4.72 Å². The van der Waals surface area contributed by atoms with Crippen LogP contribution in [0.25, 0.3) is 10.8 Å². The minimum Gasteiger partial charge on any atom is -0.465 e. The lowest BCUT2D eigenvalue weighted by Crippen LogP contribution is -2.15. The number of fused-ring (bicyclic) bond motifs is 1. The lowest BCUT2D eigenvalue weighted by molar-refractivity contribution is 0.0602. The molecule has 0 radical (unpaired) electrons. The van der Waals surface area contributed by atoms with Crippen LogP contribution in [0.4, 0.5) is 5.69 Å². The highest BCUT2D eigenvalue weighted by atomic mass is 35.5. The van der Waals surface area contributed by atoms with Crippen LogP contribution in [0.15, 0.2) is 53.4 Å². The molecule has 1 N–H and O–H groups in total. The van der Waals surface area contributed by atoms with E-state index < -0.39 is 16.0 Å². The lowest BCUT2D eigenvalue weighted by atomic mass is 10.1. The largest absolute Gasteiger partial charge is 0.465 e. The fourth-order valence-electron chi connectivity index (χ4n) is 2.29. The Morgan fingerprint density at radius 3 is 2.62 bits per heavy atom. The summed E-state index contributed by atoms with van der Waals surface area (Å²) in [7, 11) is -2.81. The summed E-state index contributed by atoms with van der Waals surface area (Å²) in [6.45, 7) is 0. The molecule has 0 aliphatic carbocycles. The van der Waals surface area contributed by atoms with Gasteiger partial charge in [-0.3, -0.25) is 4.72 Å². The number of halogens is 1. The number of benzene rings is 2. The number of thiophene rings is 1. The maximum atomic E-state index is 12.7. The van der Waals surface area contributed by atoms with E-state index in [2.05, 4.69) is 9.46 Å². The molecule has 5 nitrogen and oxygen atoms in total. The maximum absolute atomic E-state index is 12.7. The summed E-state index contributed by atoms with van der Waals surface area (Å²) < 4.78 is 32.8. The van der Waals surface area contributed by atoms with Crippen LogP contribution in [-0.2, 0) is 14.8 Å². The highest BCUT2D eigenvalue weighted by molar-refractivity contribution is 7.93. The number of anilines is 1. The number of esters is 1. The topological polar surface area (TPSA) is 72.5 Å². The van der Waals surface area contributed by atoms with Gasteiger partial charge in [0.15, 0.2) is 0 Å². The van der Waals surface area contributed by atoms with Gasteiger partial charge in [0.1, 0.15) is 9.77 Å². The average molecular weight is 382 g/mol. The second-order valence-electron chi connectivity index (χ2n) is 4.87. The Hall–Kier alpha value is -2.09. The fraction of sp³-hybridized carbons (Fsp3) is 0.0625. The molecule has 0 unspecified atom stereocenters. The van der Waals surface area contributed by atoms with Crippen LogP contribution in [0.3, 0.4) is 0 Å². The molecule has 0 bridgehead atoms. The molecule has 0 fully saturated rings. The van der Waals surface area contributed by atoms with E-state index in [1.54, 1.807) is 12.1 Å². The highest BCUT2D eigenvalue weighted by Gasteiger charge is 2.27. The predicted molar refractivity (Wildman–Crippen MR) is 95.4 cm³/mol. The molecule has 0 aliphatic heterocycles. The molecule has 0 saturated carbocycles. The standard InChI is InChI=1S/C16H12ClNO4S2/c1-22-16(19)15-13(9-14(17)23-15)24(20,21)18-12-8-4-6-10-5-2-3-7-11(10)12/h2-9,18H,1H3. The normalized spacial score (nSPS) is 11.4. The Kier molecular flexibility index (Phi) is 4.49. The minimum atomic E-state index is -3.99. The van der Waals surface area contributed by atoms with Crippen molar-refractivity contribution in [1.29, 1.82) is 0 Å². The second-order valence-corrected chi connectivity index (χ2v) is 8.20. The third kappa shape index (κ3) is 3.10. The smallest absolute Gasteiger partial charge is 0.349 e. The van der Waals surface area contributed by atoms with E-state index in [0.717, 1.165) is 22.1 Å². The zero-order valence-electron chi connectivity index (χ0n) is 12.4. The Morgan fingerprint density at radius 1 is 1.17 bits per heavy atom. The zero-order chi connectivity index (χ0) is 17.3. The first kappa shape index (κ1) is 16.8. The van der Waals surface area contributed by atoms with Gasteiger partial charge in [-0.15, -0.1) is 11.3 Å². The van der Waals surface area contributed by atoms with E-state index >= 15 is 0 Å². The van der Waals surface area contributed by atoms with Crippen LogP contribution >= 0.6 is 22.9 Å². The number of hydrogen-bond donors (Lipinski definition) is 1. The molecule has 24 heavy (non-hydrogen) atoms. The first-order chi connectivity index (χ1) is 11.4. The van der Waals surface area contributed by atoms with Crippen molar-refractivity contribution in [2.45, 2.75) is 4.90 Å². The Balaban J connectivity index is 2.08. The minimum absolute atomic E-state index is 0.0600. The number of methoxy groups -OCH3 is 1. The van der Waals surface area contributed by atoms with E-state index in [-0.39, 0.29) is 14.1 Å². The molecule has 1 aromatic heterocycles. The molecule has 3 aromatic rings. The molecule has 2 aromatic carbocycles. The molecule has 124 valence electrons. The van der Waals surface area contributed by atoms with Crippen LogP contribution in [0, 0.1) is 0 Å². The Bertz CT molecular complexity index is 1020. The van der Waals surface area contributed by atoms with Gasteiger partial charge in [0, 0.05) is 5.39 Å². The van der Waals surface area contributed by atoms with Crippen LogP contribution in [0.2, 0.25) is 4.34 Å². The van der Waals surface area contributed by atoms with E-state index in [1.807, 2.05) is 30.3 Å². The summed E-state index contributed by atoms with van der Waals surface area (Å²) in [4.78, 5) is 11.5. The van der Waals surface area contributed by atoms with Crippen molar-refractivity contribution in [3.8, 4) is 0 Å². The van der Waals surface area contributed by atoms with Crippen LogP contribution in [0.1, 0.15) is 9.67 Å². The average Bonchev–Trinajstić information content (AvgIpc) is 2.97. The van der Waals surface area contributed by atoms with Gasteiger partial charge >= 0.3 is 5.97 Å². The Morgan fingerprint density at radius 2 is 1.88 bits per heavy atom. The molecular formula is C16H12ClNO4S2. The van der Waals surface area contributed by atoms with Gasteiger partial charge in [0.2, 0.25) is 0 Å². The van der Waals surface area contributed by atoms with Gasteiger partial charge in [-0.25, -0.2) is 13.2 Å². The van der Waals surface area contributed by atoms with Crippen LogP contribution in [-0.4, -0.2) is 21.5 Å². The summed E-state index contributed by atoms with van der Waals surface area (Å²) in [5.74, 6) is -0.745. The van der Waals surface area contributed by atoms with Crippen molar-refractivity contribution in [2.24, 2.45) is 0 Å². The molecule has 1 heterocycles. The molecule has 0 amide bonds. The summed E-state index contributed by atoms with van der Waals surface area (Å²) in [6, 6.07) is 13.9. The molecule has 0 aliphatic rings. The lowest BCUT2D eigenvalue weighted by Gasteiger charge is -2.10. The van der Waals surface area contributed by atoms with Crippen molar-refractivity contribution in [1.82, 2.24) is 0 Å². The Labute approximate surface area is 147 Å². The van der Waals surface area contributed by atoms with E-state index in [0.29, 0.717) is 5.69 Å². The number of carbonyl (C=O) groups excluding carboxylic acids is 1. The summed E-state index contributed by atoms with van der Waals surface area (Å²) >= 11 is 6.75. The van der Waals surface area contributed by atoms with Crippen molar-refractivity contribution in [3.63, 3.8) is 0 Å². The number of ether oxygens (including phenoxy) is 1.